The van der Waals surface area contributed by atoms with Crippen molar-refractivity contribution in [3.05, 3.63) is 23.8 Å². The van der Waals surface area contributed by atoms with Crippen LogP contribution in [0.4, 0.5) is 5.69 Å². The van der Waals surface area contributed by atoms with Crippen molar-refractivity contribution in [2.45, 2.75) is 26.7 Å². The van der Waals surface area contributed by atoms with E-state index in [1.807, 2.05) is 30.0 Å². The lowest BCUT2D eigenvalue weighted by Crippen LogP contribution is -2.25. The number of benzene rings is 1. The highest BCUT2D eigenvalue weighted by Crippen LogP contribution is 2.34. The van der Waals surface area contributed by atoms with Crippen molar-refractivity contribution in [1.29, 1.82) is 0 Å². The standard InChI is InChI=1S/C15H21NO2S/c1-3-6-18-14-7-11(2)4-5-13(14)16-9-12(10-19)8-15(16)17/h4-5,7,12,19H,3,6,8-10H2,1-2H3. The molecule has 1 heterocycles. The number of carbonyl (C=O) groups is 1. The normalized spacial score (nSPS) is 19.0. The summed E-state index contributed by atoms with van der Waals surface area (Å²) in [4.78, 5) is 13.9. The summed E-state index contributed by atoms with van der Waals surface area (Å²) >= 11 is 4.30. The lowest BCUT2D eigenvalue weighted by molar-refractivity contribution is -0.117. The summed E-state index contributed by atoms with van der Waals surface area (Å²) in [6, 6.07) is 6.01. The van der Waals surface area contributed by atoms with Crippen LogP contribution in [0.5, 0.6) is 5.75 Å². The van der Waals surface area contributed by atoms with Crippen LogP contribution in [0.2, 0.25) is 0 Å². The quantitative estimate of drug-likeness (QED) is 0.839. The second kappa shape index (κ2) is 6.33. The molecule has 0 N–H and O–H groups in total. The Kier molecular flexibility index (Phi) is 4.75. The van der Waals surface area contributed by atoms with E-state index in [0.29, 0.717) is 18.9 Å². The highest BCUT2D eigenvalue weighted by molar-refractivity contribution is 7.80. The number of anilines is 1. The average Bonchev–Trinajstić information content (AvgIpc) is 2.78. The van der Waals surface area contributed by atoms with Crippen LogP contribution in [0.3, 0.4) is 0 Å². The van der Waals surface area contributed by atoms with Crippen LogP contribution in [0.25, 0.3) is 0 Å². The molecule has 4 heteroatoms. The van der Waals surface area contributed by atoms with Crippen molar-refractivity contribution in [1.82, 2.24) is 0 Å². The van der Waals surface area contributed by atoms with Crippen LogP contribution >= 0.6 is 12.6 Å². The van der Waals surface area contributed by atoms with E-state index in [4.69, 9.17) is 4.74 Å². The van der Waals surface area contributed by atoms with E-state index in [0.717, 1.165) is 35.7 Å². The first kappa shape index (κ1) is 14.3. The van der Waals surface area contributed by atoms with Gasteiger partial charge < -0.3 is 9.64 Å². The minimum absolute atomic E-state index is 0.171. The Morgan fingerprint density at radius 1 is 1.47 bits per heavy atom. The third-order valence-electron chi connectivity index (χ3n) is 3.33. The fraction of sp³-hybridized carbons (Fsp3) is 0.533. The van der Waals surface area contributed by atoms with Gasteiger partial charge in [-0.25, -0.2) is 0 Å². The predicted molar refractivity (Wildman–Crippen MR) is 81.3 cm³/mol. The minimum atomic E-state index is 0.171. The fourth-order valence-corrected chi connectivity index (χ4v) is 2.55. The molecular formula is C15H21NO2S. The molecule has 2 rings (SSSR count). The Morgan fingerprint density at radius 3 is 2.89 bits per heavy atom. The van der Waals surface area contributed by atoms with Gasteiger partial charge in [0.2, 0.25) is 5.91 Å². The van der Waals surface area contributed by atoms with E-state index in [1.165, 1.54) is 0 Å². The number of thiol groups is 1. The van der Waals surface area contributed by atoms with Gasteiger partial charge in [0.25, 0.3) is 0 Å². The van der Waals surface area contributed by atoms with Gasteiger partial charge in [0.15, 0.2) is 0 Å². The zero-order valence-corrected chi connectivity index (χ0v) is 12.5. The molecule has 3 nitrogen and oxygen atoms in total. The van der Waals surface area contributed by atoms with Gasteiger partial charge in [-0.15, -0.1) is 0 Å². The van der Waals surface area contributed by atoms with Crippen LogP contribution in [0.1, 0.15) is 25.3 Å². The second-order valence-electron chi connectivity index (χ2n) is 5.08. The molecule has 19 heavy (non-hydrogen) atoms. The minimum Gasteiger partial charge on any atom is -0.491 e. The Morgan fingerprint density at radius 2 is 2.26 bits per heavy atom. The highest BCUT2D eigenvalue weighted by Gasteiger charge is 2.31. The molecule has 1 atom stereocenters. The van der Waals surface area contributed by atoms with Crippen molar-refractivity contribution in [2.75, 3.05) is 23.8 Å². The van der Waals surface area contributed by atoms with Crippen molar-refractivity contribution in [2.24, 2.45) is 5.92 Å². The maximum atomic E-state index is 12.1. The summed E-state index contributed by atoms with van der Waals surface area (Å²) in [5, 5.41) is 0. The Hall–Kier alpha value is -1.16. The zero-order chi connectivity index (χ0) is 13.8. The van der Waals surface area contributed by atoms with Crippen molar-refractivity contribution in [3.8, 4) is 5.75 Å². The van der Waals surface area contributed by atoms with Crippen LogP contribution in [-0.4, -0.2) is 24.8 Å². The van der Waals surface area contributed by atoms with Crippen LogP contribution in [0, 0.1) is 12.8 Å². The molecule has 1 aliphatic rings. The molecule has 0 aliphatic carbocycles. The molecule has 0 radical (unpaired) electrons. The number of rotatable bonds is 5. The third-order valence-corrected chi connectivity index (χ3v) is 3.85. The van der Waals surface area contributed by atoms with Gasteiger partial charge in [0, 0.05) is 13.0 Å². The maximum absolute atomic E-state index is 12.1. The number of amides is 1. The number of carbonyl (C=O) groups excluding carboxylic acids is 1. The molecule has 1 aromatic rings. The monoisotopic (exact) mass is 279 g/mol. The van der Waals surface area contributed by atoms with Gasteiger partial charge in [0.1, 0.15) is 5.75 Å². The summed E-state index contributed by atoms with van der Waals surface area (Å²) in [5.74, 6) is 2.08. The molecule has 1 saturated heterocycles. The predicted octanol–water partition coefficient (Wildman–Crippen LogP) is 3.07. The molecule has 1 amide bonds. The summed E-state index contributed by atoms with van der Waals surface area (Å²) < 4.78 is 5.78. The smallest absolute Gasteiger partial charge is 0.227 e. The molecule has 104 valence electrons. The number of aryl methyl sites for hydroxylation is 1. The van der Waals surface area contributed by atoms with Crippen LogP contribution in [0.15, 0.2) is 18.2 Å². The molecule has 0 aromatic heterocycles. The molecular weight excluding hydrogens is 258 g/mol. The summed E-state index contributed by atoms with van der Waals surface area (Å²) in [6.45, 7) is 5.53. The number of nitrogens with zero attached hydrogens (tertiary/aromatic N) is 1. The third kappa shape index (κ3) is 3.24. The molecule has 0 saturated carbocycles. The van der Waals surface area contributed by atoms with Crippen molar-refractivity contribution >= 4 is 24.2 Å². The van der Waals surface area contributed by atoms with Gasteiger partial charge in [0.05, 0.1) is 12.3 Å². The average molecular weight is 279 g/mol. The summed E-state index contributed by atoms with van der Waals surface area (Å²) in [7, 11) is 0. The first-order valence-electron chi connectivity index (χ1n) is 6.80. The number of ether oxygens (including phenoxy) is 1. The van der Waals surface area contributed by atoms with Crippen molar-refractivity contribution < 1.29 is 9.53 Å². The first-order valence-corrected chi connectivity index (χ1v) is 7.43. The molecule has 1 fully saturated rings. The summed E-state index contributed by atoms with van der Waals surface area (Å²) in [6.07, 6.45) is 1.55. The maximum Gasteiger partial charge on any atom is 0.227 e. The Bertz CT molecular complexity index is 461. The lowest BCUT2D eigenvalue weighted by Gasteiger charge is -2.20. The van der Waals surface area contributed by atoms with Gasteiger partial charge in [-0.2, -0.15) is 12.6 Å². The highest BCUT2D eigenvalue weighted by atomic mass is 32.1. The largest absolute Gasteiger partial charge is 0.491 e. The van der Waals surface area contributed by atoms with Gasteiger partial charge in [-0.3, -0.25) is 4.79 Å². The molecule has 0 bridgehead atoms. The van der Waals surface area contributed by atoms with Crippen LogP contribution in [-0.2, 0) is 4.79 Å². The van der Waals surface area contributed by atoms with E-state index in [1.54, 1.807) is 0 Å². The topological polar surface area (TPSA) is 29.5 Å². The summed E-state index contributed by atoms with van der Waals surface area (Å²) in [5.41, 5.74) is 2.04. The van der Waals surface area contributed by atoms with Gasteiger partial charge in [-0.05, 0) is 42.7 Å². The first-order chi connectivity index (χ1) is 9.15. The van der Waals surface area contributed by atoms with E-state index in [-0.39, 0.29) is 5.91 Å². The SMILES string of the molecule is CCCOc1cc(C)ccc1N1CC(CS)CC1=O. The van der Waals surface area contributed by atoms with E-state index in [9.17, 15) is 4.79 Å². The fourth-order valence-electron chi connectivity index (χ4n) is 2.31. The van der Waals surface area contributed by atoms with E-state index in [2.05, 4.69) is 19.6 Å². The van der Waals surface area contributed by atoms with Crippen LogP contribution < -0.4 is 9.64 Å². The van der Waals surface area contributed by atoms with Gasteiger partial charge in [-0.1, -0.05) is 13.0 Å². The zero-order valence-electron chi connectivity index (χ0n) is 11.6. The Balaban J connectivity index is 2.25. The van der Waals surface area contributed by atoms with Gasteiger partial charge >= 0.3 is 0 Å². The molecule has 1 aliphatic heterocycles. The Labute approximate surface area is 120 Å². The molecule has 0 spiro atoms. The van der Waals surface area contributed by atoms with Crippen molar-refractivity contribution in [3.63, 3.8) is 0 Å². The number of hydrogen-bond donors (Lipinski definition) is 1. The molecule has 1 aromatic carbocycles. The van der Waals surface area contributed by atoms with E-state index < -0.39 is 0 Å². The van der Waals surface area contributed by atoms with E-state index >= 15 is 0 Å². The second-order valence-corrected chi connectivity index (χ2v) is 5.44. The number of hydrogen-bond acceptors (Lipinski definition) is 3. The lowest BCUT2D eigenvalue weighted by atomic mass is 10.1. The molecule has 1 unspecified atom stereocenters.